The molecule has 4 rings (SSSR count). The zero-order valence-electron chi connectivity index (χ0n) is 17.0. The molecule has 2 aliphatic rings. The van der Waals surface area contributed by atoms with Gasteiger partial charge < -0.3 is 10.6 Å². The third kappa shape index (κ3) is 4.39. The van der Waals surface area contributed by atoms with Gasteiger partial charge in [0.05, 0.1) is 21.8 Å². The summed E-state index contributed by atoms with van der Waals surface area (Å²) in [6.07, 6.45) is 6.47. The summed E-state index contributed by atoms with van der Waals surface area (Å²) in [7, 11) is -3.44. The van der Waals surface area contributed by atoms with E-state index in [-0.39, 0.29) is 5.91 Å². The molecule has 30 heavy (non-hydrogen) atoms. The summed E-state index contributed by atoms with van der Waals surface area (Å²) in [4.78, 5) is 17.2. The summed E-state index contributed by atoms with van der Waals surface area (Å²) in [5.41, 5.74) is 4.20. The largest absolute Gasteiger partial charge is 0.380 e. The van der Waals surface area contributed by atoms with E-state index < -0.39 is 10.0 Å². The SMILES string of the molecule is CC1=Cc2ncc(C(=O)NCc3ccc(S(=O)(=O)N4CCCCC4)cc3)cc2NC1. The van der Waals surface area contributed by atoms with Crippen molar-refractivity contribution in [2.24, 2.45) is 0 Å². The number of fused-ring (bicyclic) bond motifs is 1. The lowest BCUT2D eigenvalue weighted by molar-refractivity contribution is 0.0950. The second kappa shape index (κ2) is 8.57. The maximum Gasteiger partial charge on any atom is 0.253 e. The minimum Gasteiger partial charge on any atom is -0.380 e. The summed E-state index contributed by atoms with van der Waals surface area (Å²) in [5.74, 6) is -0.219. The van der Waals surface area contributed by atoms with Crippen molar-refractivity contribution < 1.29 is 13.2 Å². The topological polar surface area (TPSA) is 91.4 Å². The van der Waals surface area contributed by atoms with E-state index in [1.54, 1.807) is 40.8 Å². The maximum atomic E-state index is 12.7. The average molecular weight is 427 g/mol. The number of rotatable bonds is 5. The second-order valence-electron chi connectivity index (χ2n) is 7.79. The Morgan fingerprint density at radius 3 is 2.63 bits per heavy atom. The highest BCUT2D eigenvalue weighted by Gasteiger charge is 2.25. The predicted octanol–water partition coefficient (Wildman–Crippen LogP) is 3.02. The predicted molar refractivity (Wildman–Crippen MR) is 117 cm³/mol. The van der Waals surface area contributed by atoms with Crippen LogP contribution in [0.2, 0.25) is 0 Å². The van der Waals surface area contributed by atoms with E-state index in [1.807, 2.05) is 13.0 Å². The van der Waals surface area contributed by atoms with Crippen LogP contribution >= 0.6 is 0 Å². The lowest BCUT2D eigenvalue weighted by Gasteiger charge is -2.25. The summed E-state index contributed by atoms with van der Waals surface area (Å²) in [5, 5.41) is 6.13. The fourth-order valence-corrected chi connectivity index (χ4v) is 5.21. The third-order valence-electron chi connectivity index (χ3n) is 5.45. The van der Waals surface area contributed by atoms with Crippen LogP contribution in [0.25, 0.3) is 6.08 Å². The van der Waals surface area contributed by atoms with Gasteiger partial charge in [0.25, 0.3) is 5.91 Å². The van der Waals surface area contributed by atoms with Crippen LogP contribution < -0.4 is 10.6 Å². The van der Waals surface area contributed by atoms with Gasteiger partial charge in [0, 0.05) is 32.4 Å². The molecule has 2 N–H and O–H groups in total. The molecule has 8 heteroatoms. The molecule has 0 saturated carbocycles. The highest BCUT2D eigenvalue weighted by Crippen LogP contribution is 2.23. The molecule has 158 valence electrons. The molecular formula is C22H26N4O3S. The number of benzene rings is 1. The van der Waals surface area contributed by atoms with Crippen LogP contribution in [0.5, 0.6) is 0 Å². The molecule has 1 amide bonds. The Morgan fingerprint density at radius 2 is 1.90 bits per heavy atom. The Morgan fingerprint density at radius 1 is 1.17 bits per heavy atom. The lowest BCUT2D eigenvalue weighted by atomic mass is 10.1. The number of sulfonamides is 1. The van der Waals surface area contributed by atoms with Crippen molar-refractivity contribution in [3.8, 4) is 0 Å². The van der Waals surface area contributed by atoms with Crippen molar-refractivity contribution in [1.29, 1.82) is 0 Å². The summed E-state index contributed by atoms with van der Waals surface area (Å²) >= 11 is 0. The number of hydrogen-bond donors (Lipinski definition) is 2. The van der Waals surface area contributed by atoms with Crippen LogP contribution in [0.1, 0.15) is 47.8 Å². The van der Waals surface area contributed by atoms with Gasteiger partial charge in [-0.05, 0) is 49.6 Å². The molecule has 0 spiro atoms. The molecule has 1 fully saturated rings. The van der Waals surface area contributed by atoms with Crippen LogP contribution in [-0.2, 0) is 16.6 Å². The molecule has 7 nitrogen and oxygen atoms in total. The van der Waals surface area contributed by atoms with Gasteiger partial charge in [0.2, 0.25) is 10.0 Å². The molecule has 1 saturated heterocycles. The highest BCUT2D eigenvalue weighted by atomic mass is 32.2. The van der Waals surface area contributed by atoms with E-state index in [0.29, 0.717) is 30.1 Å². The molecule has 1 aromatic heterocycles. The Balaban J connectivity index is 1.39. The second-order valence-corrected chi connectivity index (χ2v) is 9.73. The van der Waals surface area contributed by atoms with Gasteiger partial charge in [0.15, 0.2) is 0 Å². The minimum atomic E-state index is -3.44. The zero-order valence-corrected chi connectivity index (χ0v) is 17.8. The summed E-state index contributed by atoms with van der Waals surface area (Å²) in [6.45, 7) is 4.25. The van der Waals surface area contributed by atoms with Gasteiger partial charge in [-0.25, -0.2) is 8.42 Å². The first-order valence-corrected chi connectivity index (χ1v) is 11.7. The number of pyridine rings is 1. The molecule has 2 aliphatic heterocycles. The first kappa shape index (κ1) is 20.6. The van der Waals surface area contributed by atoms with Gasteiger partial charge >= 0.3 is 0 Å². The van der Waals surface area contributed by atoms with Gasteiger partial charge in [-0.1, -0.05) is 24.1 Å². The number of aromatic nitrogens is 1. The Labute approximate surface area is 177 Å². The Bertz CT molecular complexity index is 1070. The van der Waals surface area contributed by atoms with Crippen LogP contribution in [0.3, 0.4) is 0 Å². The Kier molecular flexibility index (Phi) is 5.87. The van der Waals surface area contributed by atoms with Crippen molar-refractivity contribution in [2.75, 3.05) is 25.0 Å². The molecule has 0 bridgehead atoms. The van der Waals surface area contributed by atoms with Crippen molar-refractivity contribution in [2.45, 2.75) is 37.6 Å². The molecule has 0 unspecified atom stereocenters. The molecule has 2 aromatic rings. The number of anilines is 1. The van der Waals surface area contributed by atoms with Gasteiger partial charge in [0.1, 0.15) is 0 Å². The Hall–Kier alpha value is -2.71. The first-order chi connectivity index (χ1) is 14.4. The van der Waals surface area contributed by atoms with E-state index in [9.17, 15) is 13.2 Å². The van der Waals surface area contributed by atoms with E-state index in [1.165, 1.54) is 5.57 Å². The number of amides is 1. The molecule has 0 atom stereocenters. The average Bonchev–Trinajstić information content (AvgIpc) is 2.78. The van der Waals surface area contributed by atoms with Crippen LogP contribution in [0.15, 0.2) is 47.0 Å². The molecule has 3 heterocycles. The van der Waals surface area contributed by atoms with E-state index in [2.05, 4.69) is 15.6 Å². The standard InChI is InChI=1S/C22H26N4O3S/c1-16-11-20-21(23-13-16)12-18(15-24-20)22(27)25-14-17-5-7-19(8-6-17)30(28,29)26-9-3-2-4-10-26/h5-8,11-12,15,23H,2-4,9-10,13-14H2,1H3,(H,25,27). The summed E-state index contributed by atoms with van der Waals surface area (Å²) < 4.78 is 27.0. The van der Waals surface area contributed by atoms with Crippen LogP contribution in [0, 0.1) is 0 Å². The molecule has 0 aliphatic carbocycles. The van der Waals surface area contributed by atoms with Gasteiger partial charge in [-0.15, -0.1) is 0 Å². The zero-order chi connectivity index (χ0) is 21.1. The molecule has 1 aromatic carbocycles. The van der Waals surface area contributed by atoms with Crippen LogP contribution in [0.4, 0.5) is 5.69 Å². The quantitative estimate of drug-likeness (QED) is 0.767. The maximum absolute atomic E-state index is 12.7. The monoisotopic (exact) mass is 426 g/mol. The highest BCUT2D eigenvalue weighted by molar-refractivity contribution is 7.89. The van der Waals surface area contributed by atoms with E-state index >= 15 is 0 Å². The number of carbonyl (C=O) groups excluding carboxylic acids is 1. The normalized spacial score (nSPS) is 16.9. The molecule has 0 radical (unpaired) electrons. The first-order valence-electron chi connectivity index (χ1n) is 10.2. The van der Waals surface area contributed by atoms with E-state index in [4.69, 9.17) is 0 Å². The van der Waals surface area contributed by atoms with E-state index in [0.717, 1.165) is 42.8 Å². The third-order valence-corrected chi connectivity index (χ3v) is 7.36. The van der Waals surface area contributed by atoms with Crippen LogP contribution in [-0.4, -0.2) is 43.2 Å². The van der Waals surface area contributed by atoms with Crippen molar-refractivity contribution >= 4 is 27.7 Å². The fraction of sp³-hybridized carbons (Fsp3) is 0.364. The van der Waals surface area contributed by atoms with Crippen molar-refractivity contribution in [3.05, 3.63) is 58.9 Å². The number of carbonyl (C=O) groups is 1. The summed E-state index contributed by atoms with van der Waals surface area (Å²) in [6, 6.07) is 8.53. The van der Waals surface area contributed by atoms with Crippen molar-refractivity contribution in [1.82, 2.24) is 14.6 Å². The number of nitrogens with one attached hydrogen (secondary N) is 2. The number of hydrogen-bond acceptors (Lipinski definition) is 5. The lowest BCUT2D eigenvalue weighted by Crippen LogP contribution is -2.35. The molecular weight excluding hydrogens is 400 g/mol. The minimum absolute atomic E-state index is 0.219. The van der Waals surface area contributed by atoms with Gasteiger partial charge in [-0.2, -0.15) is 4.31 Å². The number of nitrogens with zero attached hydrogens (tertiary/aromatic N) is 2. The van der Waals surface area contributed by atoms with Gasteiger partial charge in [-0.3, -0.25) is 9.78 Å². The number of piperidine rings is 1. The smallest absolute Gasteiger partial charge is 0.253 e. The van der Waals surface area contributed by atoms with Crippen molar-refractivity contribution in [3.63, 3.8) is 0 Å². The fourth-order valence-electron chi connectivity index (χ4n) is 3.69.